The average molecular weight is 159 g/mol. The zero-order valence-corrected chi connectivity index (χ0v) is 6.68. The molecule has 0 aliphatic carbocycles. The normalized spacial score (nSPS) is 24.8. The Morgan fingerprint density at radius 3 is 2.55 bits per heavy atom. The van der Waals surface area contributed by atoms with Crippen LogP contribution in [0.5, 0.6) is 0 Å². The Kier molecular flexibility index (Phi) is 2.12. The molecule has 0 aromatic heterocycles. The van der Waals surface area contributed by atoms with E-state index >= 15 is 0 Å². The molecule has 11 heavy (non-hydrogen) atoms. The van der Waals surface area contributed by atoms with E-state index in [2.05, 4.69) is 10.6 Å². The van der Waals surface area contributed by atoms with Crippen molar-refractivity contribution in [1.29, 1.82) is 0 Å². The number of nitrogens with one attached hydrogen (secondary N) is 2. The first-order valence-corrected chi connectivity index (χ1v) is 3.68. The van der Waals surface area contributed by atoms with Crippen molar-refractivity contribution in [3.05, 3.63) is 0 Å². The van der Waals surface area contributed by atoms with E-state index in [-0.39, 0.29) is 30.3 Å². The van der Waals surface area contributed by atoms with Gasteiger partial charge in [0.1, 0.15) is 6.04 Å². The molecule has 0 bridgehead atoms. The first kappa shape index (κ1) is 8.04. The molecule has 0 aromatic carbocycles. The maximum absolute atomic E-state index is 11.1. The van der Waals surface area contributed by atoms with E-state index in [0.717, 1.165) is 0 Å². The van der Waals surface area contributed by atoms with Gasteiger partial charge in [0.15, 0.2) is 0 Å². The summed E-state index contributed by atoms with van der Waals surface area (Å²) in [5, 5.41) is 5.13. The van der Waals surface area contributed by atoms with Crippen molar-refractivity contribution in [2.75, 3.05) is 6.54 Å². The van der Waals surface area contributed by atoms with Crippen LogP contribution in [0.4, 0.5) is 0 Å². The predicted octanol–water partition coefficient (Wildman–Crippen LogP) is -0.743. The molecule has 1 rings (SSSR count). The summed E-state index contributed by atoms with van der Waals surface area (Å²) in [6.07, 6.45) is 0. The van der Waals surface area contributed by atoms with Crippen molar-refractivity contribution in [2.24, 2.45) is 5.92 Å². The molecule has 1 aliphatic heterocycles. The molecule has 1 saturated heterocycles. The number of carbonyl (C=O) groups is 2. The number of hydrogen-bond donors (Lipinski definition) is 2. The Bertz CT molecular complexity index is 189. The van der Waals surface area contributed by atoms with Crippen LogP contribution in [0.2, 0.25) is 0 Å². The Hall–Kier alpha value is -1.06. The molecule has 1 heterocycles. The zero-order chi connectivity index (χ0) is 8.43. The molecule has 0 spiro atoms. The Morgan fingerprint density at radius 1 is 1.45 bits per heavy atom. The standard InChI is InChI=1S/C7H12N2O2/c1-4(2)6-7(11)8-3-5(10)9-6/h4,6H,3H2,1-2H3,(H,8,11)(H,9,10)/t6-/m0/s1/i3+1,5+1,8+1. The summed E-state index contributed by atoms with van der Waals surface area (Å²) in [6.45, 7) is 3.91. The van der Waals surface area contributed by atoms with Gasteiger partial charge in [0, 0.05) is 0 Å². The highest BCUT2D eigenvalue weighted by Gasteiger charge is 2.27. The minimum atomic E-state index is -0.351. The SMILES string of the molecule is CC(C)[C@@H]1N[13C](=O)[13CH2][15NH]C1=O. The van der Waals surface area contributed by atoms with Gasteiger partial charge < -0.3 is 10.6 Å². The van der Waals surface area contributed by atoms with Crippen LogP contribution >= 0.6 is 0 Å². The summed E-state index contributed by atoms with van der Waals surface area (Å²) in [5.74, 6) is -0.0397. The number of hydrogen-bond acceptors (Lipinski definition) is 2. The Balaban J connectivity index is 2.61. The van der Waals surface area contributed by atoms with Gasteiger partial charge in [0.05, 0.1) is 6.54 Å². The lowest BCUT2D eigenvalue weighted by atomic mass is 10.1. The van der Waals surface area contributed by atoms with Gasteiger partial charge in [-0.15, -0.1) is 0 Å². The average Bonchev–Trinajstić information content (AvgIpc) is 1.94. The van der Waals surface area contributed by atoms with Crippen LogP contribution in [0, 0.1) is 5.92 Å². The van der Waals surface area contributed by atoms with Gasteiger partial charge in [0.2, 0.25) is 11.8 Å². The highest BCUT2D eigenvalue weighted by molar-refractivity contribution is 5.94. The molecule has 2 N–H and O–H groups in total. The molecule has 0 saturated carbocycles. The van der Waals surface area contributed by atoms with Crippen LogP contribution in [0.15, 0.2) is 0 Å². The topological polar surface area (TPSA) is 58.2 Å². The molecule has 1 aliphatic rings. The summed E-state index contributed by atoms with van der Waals surface area (Å²) in [6, 6.07) is -0.351. The second-order valence-electron chi connectivity index (χ2n) is 3.01. The highest BCUT2D eigenvalue weighted by Crippen LogP contribution is 2.03. The zero-order valence-electron chi connectivity index (χ0n) is 6.68. The fourth-order valence-corrected chi connectivity index (χ4v) is 1.04. The maximum Gasteiger partial charge on any atom is 0.243 e. The maximum atomic E-state index is 11.1. The fourth-order valence-electron chi connectivity index (χ4n) is 1.04. The third kappa shape index (κ3) is 1.69. The monoisotopic (exact) mass is 159 g/mol. The molecule has 0 unspecified atom stereocenters. The lowest BCUT2D eigenvalue weighted by Crippen LogP contribution is -2.58. The van der Waals surface area contributed by atoms with Crippen molar-refractivity contribution in [1.82, 2.24) is 10.6 Å². The third-order valence-corrected chi connectivity index (χ3v) is 1.69. The molecular weight excluding hydrogens is 147 g/mol. The van der Waals surface area contributed by atoms with E-state index in [1.165, 1.54) is 0 Å². The van der Waals surface area contributed by atoms with Gasteiger partial charge in [-0.2, -0.15) is 0 Å². The molecule has 0 radical (unpaired) electrons. The molecule has 4 heteroatoms. The van der Waals surface area contributed by atoms with Gasteiger partial charge in [-0.05, 0) is 5.92 Å². The van der Waals surface area contributed by atoms with E-state index in [1.54, 1.807) is 0 Å². The van der Waals surface area contributed by atoms with E-state index in [0.29, 0.717) is 0 Å². The molecule has 1 fully saturated rings. The molecular formula is C7H12N2O2. The number of amides is 2. The molecule has 1 atom stereocenters. The molecule has 2 amide bonds. The van der Waals surface area contributed by atoms with Gasteiger partial charge >= 0.3 is 0 Å². The second kappa shape index (κ2) is 2.90. The van der Waals surface area contributed by atoms with Crippen LogP contribution < -0.4 is 10.6 Å². The van der Waals surface area contributed by atoms with Crippen LogP contribution in [-0.2, 0) is 9.59 Å². The van der Waals surface area contributed by atoms with Crippen LogP contribution in [-0.4, -0.2) is 24.4 Å². The number of carbonyl (C=O) groups excluding carboxylic acids is 2. The van der Waals surface area contributed by atoms with Crippen LogP contribution in [0.3, 0.4) is 0 Å². The van der Waals surface area contributed by atoms with Crippen molar-refractivity contribution >= 4 is 11.8 Å². The lowest BCUT2D eigenvalue weighted by molar-refractivity contribution is -0.134. The Morgan fingerprint density at radius 2 is 2.09 bits per heavy atom. The van der Waals surface area contributed by atoms with Gasteiger partial charge in [-0.3, -0.25) is 9.59 Å². The largest absolute Gasteiger partial charge is 0.345 e. The molecule has 0 aromatic rings. The summed E-state index contributed by atoms with van der Waals surface area (Å²) < 4.78 is 0. The van der Waals surface area contributed by atoms with Crippen molar-refractivity contribution in [3.63, 3.8) is 0 Å². The number of piperazine rings is 1. The summed E-state index contributed by atoms with van der Waals surface area (Å²) in [7, 11) is 0. The minimum absolute atomic E-state index is 0.0837. The number of rotatable bonds is 1. The van der Waals surface area contributed by atoms with Crippen molar-refractivity contribution in [3.8, 4) is 0 Å². The third-order valence-electron chi connectivity index (χ3n) is 1.69. The van der Waals surface area contributed by atoms with Gasteiger partial charge in [0.25, 0.3) is 0 Å². The van der Waals surface area contributed by atoms with E-state index in [9.17, 15) is 9.59 Å². The van der Waals surface area contributed by atoms with E-state index in [4.69, 9.17) is 0 Å². The second-order valence-corrected chi connectivity index (χ2v) is 3.01. The first-order chi connectivity index (χ1) is 5.11. The van der Waals surface area contributed by atoms with Crippen molar-refractivity contribution < 1.29 is 9.59 Å². The van der Waals surface area contributed by atoms with E-state index in [1.807, 2.05) is 13.8 Å². The lowest BCUT2D eigenvalue weighted by Gasteiger charge is -2.25. The molecule has 62 valence electrons. The fraction of sp³-hybridized carbons (Fsp3) is 0.714. The minimum Gasteiger partial charge on any atom is -0.345 e. The van der Waals surface area contributed by atoms with E-state index < -0.39 is 0 Å². The quantitative estimate of drug-likeness (QED) is 0.391. The van der Waals surface area contributed by atoms with Crippen LogP contribution in [0.1, 0.15) is 13.8 Å². The summed E-state index contributed by atoms with van der Waals surface area (Å²) in [4.78, 5) is 21.9. The molecule has 4 nitrogen and oxygen atoms in total. The highest BCUT2D eigenvalue weighted by atomic mass is 16.2. The van der Waals surface area contributed by atoms with Gasteiger partial charge in [-0.25, -0.2) is 0 Å². The van der Waals surface area contributed by atoms with Crippen LogP contribution in [0.25, 0.3) is 0 Å². The van der Waals surface area contributed by atoms with Crippen molar-refractivity contribution in [2.45, 2.75) is 19.9 Å². The summed E-state index contributed by atoms with van der Waals surface area (Å²) in [5.41, 5.74) is 0. The smallest absolute Gasteiger partial charge is 0.243 e. The predicted molar refractivity (Wildman–Crippen MR) is 39.8 cm³/mol. The summed E-state index contributed by atoms with van der Waals surface area (Å²) >= 11 is 0. The van der Waals surface area contributed by atoms with Gasteiger partial charge in [-0.1, -0.05) is 13.8 Å². The first-order valence-electron chi connectivity index (χ1n) is 3.68. The Labute approximate surface area is 65.3 Å².